The first kappa shape index (κ1) is 19.0. The van der Waals surface area contributed by atoms with Crippen molar-refractivity contribution in [1.82, 2.24) is 9.88 Å². The second-order valence-electron chi connectivity index (χ2n) is 6.90. The van der Waals surface area contributed by atoms with E-state index in [1.807, 2.05) is 46.7 Å². The smallest absolute Gasteiger partial charge is 0.228 e. The Bertz CT molecular complexity index is 971. The van der Waals surface area contributed by atoms with Gasteiger partial charge in [-0.05, 0) is 30.2 Å². The van der Waals surface area contributed by atoms with Gasteiger partial charge in [-0.3, -0.25) is 4.79 Å². The van der Waals surface area contributed by atoms with Crippen LogP contribution in [0.1, 0.15) is 23.6 Å². The molecule has 1 atom stereocenters. The summed E-state index contributed by atoms with van der Waals surface area (Å²) in [5.41, 5.74) is 2.97. The Balaban J connectivity index is 1.39. The zero-order chi connectivity index (χ0) is 19.5. The molecule has 4 nitrogen and oxygen atoms in total. The monoisotopic (exact) mass is 412 g/mol. The number of aromatic nitrogens is 1. The number of rotatable bonds is 5. The minimum absolute atomic E-state index is 0.132. The number of carbonyl (C=O) groups excluding carboxylic acids is 1. The first-order chi connectivity index (χ1) is 13.6. The van der Waals surface area contributed by atoms with Crippen molar-refractivity contribution in [3.63, 3.8) is 0 Å². The van der Waals surface area contributed by atoms with Gasteiger partial charge in [-0.2, -0.15) is 0 Å². The number of hydrogen-bond acceptors (Lipinski definition) is 4. The van der Waals surface area contributed by atoms with Gasteiger partial charge in [-0.1, -0.05) is 41.9 Å². The molecule has 0 radical (unpaired) electrons. The van der Waals surface area contributed by atoms with Gasteiger partial charge in [-0.15, -0.1) is 11.3 Å². The van der Waals surface area contributed by atoms with Crippen molar-refractivity contribution in [2.75, 3.05) is 20.2 Å². The van der Waals surface area contributed by atoms with Crippen LogP contribution in [0.4, 0.5) is 0 Å². The summed E-state index contributed by atoms with van der Waals surface area (Å²) in [6, 6.07) is 15.8. The molecule has 0 aliphatic carbocycles. The van der Waals surface area contributed by atoms with E-state index in [4.69, 9.17) is 16.3 Å². The maximum atomic E-state index is 12.7. The largest absolute Gasteiger partial charge is 0.497 e. The van der Waals surface area contributed by atoms with Gasteiger partial charge in [0, 0.05) is 30.0 Å². The highest BCUT2D eigenvalue weighted by Crippen LogP contribution is 2.31. The van der Waals surface area contributed by atoms with E-state index in [9.17, 15) is 4.79 Å². The first-order valence-corrected chi connectivity index (χ1v) is 10.5. The summed E-state index contributed by atoms with van der Waals surface area (Å²) >= 11 is 7.78. The SMILES string of the molecule is COc1ccc(C2CCN(C(=O)Cc3csc(-c4ccccc4Cl)n3)C2)cc1. The van der Waals surface area contributed by atoms with Gasteiger partial charge in [0.1, 0.15) is 10.8 Å². The molecule has 1 saturated heterocycles. The molecule has 6 heteroatoms. The molecule has 2 heterocycles. The topological polar surface area (TPSA) is 42.4 Å². The Morgan fingerprint density at radius 1 is 1.25 bits per heavy atom. The van der Waals surface area contributed by atoms with Crippen LogP contribution in [0.25, 0.3) is 10.6 Å². The summed E-state index contributed by atoms with van der Waals surface area (Å²) in [6.45, 7) is 1.55. The molecule has 4 rings (SSSR count). The molecule has 1 unspecified atom stereocenters. The fourth-order valence-corrected chi connectivity index (χ4v) is 4.69. The van der Waals surface area contributed by atoms with E-state index in [-0.39, 0.29) is 5.91 Å². The van der Waals surface area contributed by atoms with E-state index >= 15 is 0 Å². The summed E-state index contributed by atoms with van der Waals surface area (Å²) in [6.07, 6.45) is 1.32. The van der Waals surface area contributed by atoms with Gasteiger partial charge in [0.15, 0.2) is 0 Å². The number of nitrogens with zero attached hydrogens (tertiary/aromatic N) is 2. The van der Waals surface area contributed by atoms with E-state index in [2.05, 4.69) is 17.1 Å². The molecule has 0 N–H and O–H groups in total. The summed E-state index contributed by atoms with van der Waals surface area (Å²) in [5, 5.41) is 3.48. The van der Waals surface area contributed by atoms with Gasteiger partial charge in [0.05, 0.1) is 24.2 Å². The van der Waals surface area contributed by atoms with Crippen LogP contribution in [0.2, 0.25) is 5.02 Å². The molecule has 144 valence electrons. The van der Waals surface area contributed by atoms with Crippen LogP contribution >= 0.6 is 22.9 Å². The van der Waals surface area contributed by atoms with E-state index in [0.717, 1.165) is 41.5 Å². The first-order valence-electron chi connectivity index (χ1n) is 9.25. The average Bonchev–Trinajstić information content (AvgIpc) is 3.38. The van der Waals surface area contributed by atoms with Crippen LogP contribution in [0, 0.1) is 0 Å². The van der Waals surface area contributed by atoms with Gasteiger partial charge in [-0.25, -0.2) is 4.98 Å². The van der Waals surface area contributed by atoms with Crippen molar-refractivity contribution in [1.29, 1.82) is 0 Å². The molecule has 1 fully saturated rings. The Labute approximate surface area is 173 Å². The van der Waals surface area contributed by atoms with Crippen molar-refractivity contribution in [2.45, 2.75) is 18.8 Å². The Kier molecular flexibility index (Phi) is 5.64. The molecule has 1 aromatic heterocycles. The molecule has 1 aliphatic rings. The number of hydrogen-bond donors (Lipinski definition) is 0. The molecule has 0 saturated carbocycles. The van der Waals surface area contributed by atoms with E-state index in [0.29, 0.717) is 17.4 Å². The minimum atomic E-state index is 0.132. The Hall–Kier alpha value is -2.37. The highest BCUT2D eigenvalue weighted by Gasteiger charge is 2.27. The van der Waals surface area contributed by atoms with Crippen molar-refractivity contribution >= 4 is 28.8 Å². The molecule has 2 aromatic carbocycles. The van der Waals surface area contributed by atoms with Crippen LogP contribution in [0.3, 0.4) is 0 Å². The third-order valence-corrected chi connectivity index (χ3v) is 6.37. The number of carbonyl (C=O) groups is 1. The van der Waals surface area contributed by atoms with Crippen molar-refractivity contribution < 1.29 is 9.53 Å². The number of ether oxygens (including phenoxy) is 1. The molecule has 28 heavy (non-hydrogen) atoms. The van der Waals surface area contributed by atoms with Crippen LogP contribution in [-0.4, -0.2) is 36.0 Å². The number of thiazole rings is 1. The third kappa shape index (κ3) is 4.05. The fourth-order valence-electron chi connectivity index (χ4n) is 3.55. The predicted octanol–water partition coefficient (Wildman–Crippen LogP) is 5.03. The number of methoxy groups -OCH3 is 1. The van der Waals surface area contributed by atoms with Crippen LogP contribution in [0.5, 0.6) is 5.75 Å². The zero-order valence-electron chi connectivity index (χ0n) is 15.6. The third-order valence-electron chi connectivity index (χ3n) is 5.12. The quantitative estimate of drug-likeness (QED) is 0.590. The minimum Gasteiger partial charge on any atom is -0.497 e. The second-order valence-corrected chi connectivity index (χ2v) is 8.16. The zero-order valence-corrected chi connectivity index (χ0v) is 17.2. The van der Waals surface area contributed by atoms with Crippen LogP contribution < -0.4 is 4.74 Å². The molecule has 0 spiro atoms. The maximum absolute atomic E-state index is 12.7. The summed E-state index contributed by atoms with van der Waals surface area (Å²) in [7, 11) is 1.67. The fraction of sp³-hybridized carbons (Fsp3) is 0.273. The number of amides is 1. The molecule has 0 bridgehead atoms. The molecule has 1 aliphatic heterocycles. The standard InChI is InChI=1S/C22H21ClN2O2S/c1-27-18-8-6-15(7-9-18)16-10-11-25(13-16)21(26)12-17-14-28-22(24-17)19-4-2-3-5-20(19)23/h2-9,14,16H,10-13H2,1H3. The highest BCUT2D eigenvalue weighted by molar-refractivity contribution is 7.13. The van der Waals surface area contributed by atoms with Crippen molar-refractivity contribution in [2.24, 2.45) is 0 Å². The lowest BCUT2D eigenvalue weighted by atomic mass is 9.98. The predicted molar refractivity (Wildman–Crippen MR) is 113 cm³/mol. The Morgan fingerprint density at radius 2 is 2.04 bits per heavy atom. The summed E-state index contributed by atoms with van der Waals surface area (Å²) in [4.78, 5) is 19.3. The number of halogens is 1. The molecular weight excluding hydrogens is 392 g/mol. The average molecular weight is 413 g/mol. The van der Waals surface area contributed by atoms with E-state index in [1.165, 1.54) is 16.9 Å². The molecule has 3 aromatic rings. The van der Waals surface area contributed by atoms with E-state index < -0.39 is 0 Å². The molecular formula is C22H21ClN2O2S. The lowest BCUT2D eigenvalue weighted by molar-refractivity contribution is -0.129. The van der Waals surface area contributed by atoms with Gasteiger partial charge >= 0.3 is 0 Å². The number of likely N-dealkylation sites (tertiary alicyclic amines) is 1. The van der Waals surface area contributed by atoms with Crippen molar-refractivity contribution in [3.8, 4) is 16.3 Å². The Morgan fingerprint density at radius 3 is 2.79 bits per heavy atom. The lowest BCUT2D eigenvalue weighted by Crippen LogP contribution is -2.30. The van der Waals surface area contributed by atoms with Crippen LogP contribution in [0.15, 0.2) is 53.9 Å². The van der Waals surface area contributed by atoms with E-state index in [1.54, 1.807) is 7.11 Å². The summed E-state index contributed by atoms with van der Waals surface area (Å²) < 4.78 is 5.22. The maximum Gasteiger partial charge on any atom is 0.228 e. The van der Waals surface area contributed by atoms with Gasteiger partial charge in [0.25, 0.3) is 0 Å². The van der Waals surface area contributed by atoms with Crippen LogP contribution in [-0.2, 0) is 11.2 Å². The van der Waals surface area contributed by atoms with Gasteiger partial charge in [0.2, 0.25) is 5.91 Å². The van der Waals surface area contributed by atoms with Crippen molar-refractivity contribution in [3.05, 3.63) is 70.2 Å². The molecule has 1 amide bonds. The van der Waals surface area contributed by atoms with Gasteiger partial charge < -0.3 is 9.64 Å². The normalized spacial score (nSPS) is 16.4. The lowest BCUT2D eigenvalue weighted by Gasteiger charge is -2.16. The number of benzene rings is 2. The highest BCUT2D eigenvalue weighted by atomic mass is 35.5. The summed E-state index contributed by atoms with van der Waals surface area (Å²) in [5.74, 6) is 1.36. The second kappa shape index (κ2) is 8.33.